The van der Waals surface area contributed by atoms with Crippen molar-refractivity contribution < 1.29 is 10.0 Å². The first-order valence-corrected chi connectivity index (χ1v) is 5.20. The lowest BCUT2D eigenvalue weighted by Crippen LogP contribution is -2.48. The van der Waals surface area contributed by atoms with Crippen LogP contribution in [0.25, 0.3) is 0 Å². The van der Waals surface area contributed by atoms with Crippen LogP contribution in [0.2, 0.25) is 0 Å². The van der Waals surface area contributed by atoms with Gasteiger partial charge in [0.2, 0.25) is 0 Å². The monoisotopic (exact) mass is 233 g/mol. The van der Waals surface area contributed by atoms with Crippen molar-refractivity contribution in [3.8, 4) is 6.07 Å². The van der Waals surface area contributed by atoms with Crippen LogP contribution >= 0.6 is 0 Å². The van der Waals surface area contributed by atoms with Crippen LogP contribution in [0.1, 0.15) is 5.56 Å². The Balaban J connectivity index is 2.31. The van der Waals surface area contributed by atoms with Crippen molar-refractivity contribution in [2.75, 3.05) is 24.6 Å². The second-order valence-electron chi connectivity index (χ2n) is 4.03. The molecule has 0 bridgehead atoms. The number of rotatable bonds is 3. The molecule has 1 aliphatic heterocycles. The lowest BCUT2D eigenvalue weighted by molar-refractivity contribution is -0.384. The Bertz CT molecular complexity index is 489. The maximum Gasteiger partial charge on any atom is 0.292 e. The van der Waals surface area contributed by atoms with E-state index in [1.807, 2.05) is 6.07 Å². The summed E-state index contributed by atoms with van der Waals surface area (Å²) in [7, 11) is 0. The molecule has 1 aromatic carbocycles. The van der Waals surface area contributed by atoms with Gasteiger partial charge in [-0.25, -0.2) is 0 Å². The highest BCUT2D eigenvalue weighted by Gasteiger charge is 2.30. The largest absolute Gasteiger partial charge is 0.396 e. The standard InChI is InChI=1S/C11H11N3O3/c12-4-8-1-2-10(14(16)17)11(3-8)13-5-9(6-13)7-15/h1-3,9,15H,5-7H2. The topological polar surface area (TPSA) is 90.4 Å². The van der Waals surface area contributed by atoms with E-state index < -0.39 is 4.92 Å². The quantitative estimate of drug-likeness (QED) is 0.618. The van der Waals surface area contributed by atoms with Crippen LogP contribution in [0.4, 0.5) is 11.4 Å². The van der Waals surface area contributed by atoms with Crippen molar-refractivity contribution in [3.63, 3.8) is 0 Å². The molecule has 0 aliphatic carbocycles. The van der Waals surface area contributed by atoms with Gasteiger partial charge in [-0.15, -0.1) is 0 Å². The molecule has 0 spiro atoms. The zero-order valence-electron chi connectivity index (χ0n) is 9.04. The average molecular weight is 233 g/mol. The highest BCUT2D eigenvalue weighted by Crippen LogP contribution is 2.33. The van der Waals surface area contributed by atoms with E-state index in [1.165, 1.54) is 18.2 Å². The van der Waals surface area contributed by atoms with Gasteiger partial charge in [0.25, 0.3) is 5.69 Å². The van der Waals surface area contributed by atoms with E-state index in [0.717, 1.165) is 0 Å². The van der Waals surface area contributed by atoms with Crippen molar-refractivity contribution in [3.05, 3.63) is 33.9 Å². The molecule has 2 rings (SSSR count). The molecule has 0 saturated carbocycles. The zero-order chi connectivity index (χ0) is 12.4. The fourth-order valence-corrected chi connectivity index (χ4v) is 1.88. The third-order valence-corrected chi connectivity index (χ3v) is 2.86. The molecular weight excluding hydrogens is 222 g/mol. The molecule has 0 radical (unpaired) electrons. The van der Waals surface area contributed by atoms with Crippen LogP contribution in [0.15, 0.2) is 18.2 Å². The lowest BCUT2D eigenvalue weighted by Gasteiger charge is -2.39. The van der Waals surface area contributed by atoms with Gasteiger partial charge in [0, 0.05) is 31.7 Å². The Morgan fingerprint density at radius 1 is 1.59 bits per heavy atom. The fourth-order valence-electron chi connectivity index (χ4n) is 1.88. The van der Waals surface area contributed by atoms with E-state index in [9.17, 15) is 10.1 Å². The summed E-state index contributed by atoms with van der Waals surface area (Å²) in [5.74, 6) is 0.167. The van der Waals surface area contributed by atoms with E-state index in [0.29, 0.717) is 24.3 Å². The third-order valence-electron chi connectivity index (χ3n) is 2.86. The van der Waals surface area contributed by atoms with Gasteiger partial charge in [-0.3, -0.25) is 10.1 Å². The summed E-state index contributed by atoms with van der Waals surface area (Å²) in [5, 5.41) is 28.6. The maximum absolute atomic E-state index is 10.9. The molecule has 6 nitrogen and oxygen atoms in total. The second kappa shape index (κ2) is 4.39. The van der Waals surface area contributed by atoms with Crippen molar-refractivity contribution in [1.82, 2.24) is 0 Å². The number of nitriles is 1. The van der Waals surface area contributed by atoms with Crippen LogP contribution in [-0.4, -0.2) is 29.7 Å². The van der Waals surface area contributed by atoms with E-state index in [4.69, 9.17) is 10.4 Å². The van der Waals surface area contributed by atoms with E-state index in [2.05, 4.69) is 0 Å². The summed E-state index contributed by atoms with van der Waals surface area (Å²) in [6.07, 6.45) is 0. The van der Waals surface area contributed by atoms with Gasteiger partial charge in [0.05, 0.1) is 16.6 Å². The highest BCUT2D eigenvalue weighted by molar-refractivity contribution is 5.67. The maximum atomic E-state index is 10.9. The molecule has 0 atom stereocenters. The van der Waals surface area contributed by atoms with E-state index >= 15 is 0 Å². The summed E-state index contributed by atoms with van der Waals surface area (Å²) in [5.41, 5.74) is 0.859. The van der Waals surface area contributed by atoms with Gasteiger partial charge in [-0.2, -0.15) is 5.26 Å². The normalized spacial score (nSPS) is 15.2. The van der Waals surface area contributed by atoms with Crippen molar-refractivity contribution >= 4 is 11.4 Å². The van der Waals surface area contributed by atoms with Crippen LogP contribution in [0, 0.1) is 27.4 Å². The molecule has 1 heterocycles. The van der Waals surface area contributed by atoms with Gasteiger partial charge in [-0.1, -0.05) is 0 Å². The van der Waals surface area contributed by atoms with Gasteiger partial charge in [-0.05, 0) is 12.1 Å². The summed E-state index contributed by atoms with van der Waals surface area (Å²) < 4.78 is 0. The molecule has 17 heavy (non-hydrogen) atoms. The fraction of sp³-hybridized carbons (Fsp3) is 0.364. The van der Waals surface area contributed by atoms with E-state index in [1.54, 1.807) is 4.90 Å². The van der Waals surface area contributed by atoms with Crippen molar-refractivity contribution in [2.24, 2.45) is 5.92 Å². The Labute approximate surface area is 97.8 Å². The van der Waals surface area contributed by atoms with Crippen LogP contribution < -0.4 is 4.90 Å². The van der Waals surface area contributed by atoms with Crippen molar-refractivity contribution in [1.29, 1.82) is 5.26 Å². The van der Waals surface area contributed by atoms with Crippen LogP contribution in [0.3, 0.4) is 0 Å². The van der Waals surface area contributed by atoms with Gasteiger partial charge >= 0.3 is 0 Å². The first-order chi connectivity index (χ1) is 8.15. The first kappa shape index (κ1) is 11.4. The molecular formula is C11H11N3O3. The Kier molecular flexibility index (Phi) is 2.93. The summed E-state index contributed by atoms with van der Waals surface area (Å²) >= 11 is 0. The van der Waals surface area contributed by atoms with E-state index in [-0.39, 0.29) is 18.2 Å². The number of aliphatic hydroxyl groups excluding tert-OH is 1. The number of anilines is 1. The average Bonchev–Trinajstić information content (AvgIpc) is 2.27. The summed E-state index contributed by atoms with van der Waals surface area (Å²) in [6.45, 7) is 1.26. The number of nitrogens with zero attached hydrogens (tertiary/aromatic N) is 3. The highest BCUT2D eigenvalue weighted by atomic mass is 16.6. The number of benzene rings is 1. The SMILES string of the molecule is N#Cc1ccc([N+](=O)[O-])c(N2CC(CO)C2)c1. The molecule has 1 aromatic rings. The molecule has 1 fully saturated rings. The third kappa shape index (κ3) is 2.05. The summed E-state index contributed by atoms with van der Waals surface area (Å²) in [6, 6.07) is 6.27. The predicted octanol–water partition coefficient (Wildman–Crippen LogP) is 0.895. The molecule has 6 heteroatoms. The van der Waals surface area contributed by atoms with Gasteiger partial charge in [0.15, 0.2) is 0 Å². The number of hydrogen-bond acceptors (Lipinski definition) is 5. The van der Waals surface area contributed by atoms with Crippen LogP contribution in [-0.2, 0) is 0 Å². The van der Waals surface area contributed by atoms with Gasteiger partial charge < -0.3 is 10.0 Å². The molecule has 88 valence electrons. The minimum atomic E-state index is -0.456. The molecule has 0 amide bonds. The Morgan fingerprint density at radius 3 is 2.82 bits per heavy atom. The smallest absolute Gasteiger partial charge is 0.292 e. The molecule has 0 unspecified atom stereocenters. The Hall–Kier alpha value is -2.13. The minimum absolute atomic E-state index is 0.000361. The molecule has 0 aromatic heterocycles. The zero-order valence-corrected chi connectivity index (χ0v) is 9.04. The predicted molar refractivity (Wildman–Crippen MR) is 60.6 cm³/mol. The van der Waals surface area contributed by atoms with Crippen molar-refractivity contribution in [2.45, 2.75) is 0 Å². The number of nitro groups is 1. The lowest BCUT2D eigenvalue weighted by atomic mass is 9.99. The molecule has 1 aliphatic rings. The summed E-state index contributed by atoms with van der Waals surface area (Å²) in [4.78, 5) is 12.2. The molecule has 1 N–H and O–H groups in total. The Morgan fingerprint density at radius 2 is 2.29 bits per heavy atom. The first-order valence-electron chi connectivity index (χ1n) is 5.20. The van der Waals surface area contributed by atoms with Crippen LogP contribution in [0.5, 0.6) is 0 Å². The minimum Gasteiger partial charge on any atom is -0.396 e. The second-order valence-corrected chi connectivity index (χ2v) is 4.03. The molecule has 1 saturated heterocycles. The van der Waals surface area contributed by atoms with Gasteiger partial charge in [0.1, 0.15) is 5.69 Å². The number of hydrogen-bond donors (Lipinski definition) is 1. The number of aliphatic hydroxyl groups is 1. The number of nitro benzene ring substituents is 1.